The topological polar surface area (TPSA) is 110 Å². The maximum atomic E-state index is 13.3. The summed E-state index contributed by atoms with van der Waals surface area (Å²) in [6.07, 6.45) is 3.95. The molecule has 0 spiro atoms. The molecule has 0 aliphatic carbocycles. The van der Waals surface area contributed by atoms with Gasteiger partial charge in [-0.05, 0) is 43.2 Å². The minimum Gasteiger partial charge on any atom is -0.383 e. The van der Waals surface area contributed by atoms with Crippen LogP contribution in [0.3, 0.4) is 0 Å². The molecule has 9 nitrogen and oxygen atoms in total. The number of hydrogen-bond donors (Lipinski definition) is 1. The summed E-state index contributed by atoms with van der Waals surface area (Å²) in [5, 5.41) is 1.44. The van der Waals surface area contributed by atoms with Crippen LogP contribution < -0.4 is 11.3 Å². The Labute approximate surface area is 208 Å². The van der Waals surface area contributed by atoms with E-state index in [9.17, 15) is 9.59 Å². The molecule has 2 N–H and O–H groups in total. The first-order valence-corrected chi connectivity index (χ1v) is 12.6. The third kappa shape index (κ3) is 4.19. The zero-order valence-electron chi connectivity index (χ0n) is 20.2. The zero-order valence-corrected chi connectivity index (χ0v) is 20.2. The number of benzene rings is 2. The van der Waals surface area contributed by atoms with Crippen LogP contribution in [0, 0.1) is 0 Å². The molecule has 36 heavy (non-hydrogen) atoms. The van der Waals surface area contributed by atoms with Gasteiger partial charge in [0.1, 0.15) is 17.5 Å². The Bertz CT molecular complexity index is 1520. The first-order chi connectivity index (χ1) is 17.6. The van der Waals surface area contributed by atoms with Crippen LogP contribution in [0.15, 0.2) is 47.3 Å². The van der Waals surface area contributed by atoms with Crippen LogP contribution in [-0.4, -0.2) is 61.4 Å². The first-order valence-electron chi connectivity index (χ1n) is 12.6. The third-order valence-electron chi connectivity index (χ3n) is 7.27. The maximum absolute atomic E-state index is 13.3. The van der Waals surface area contributed by atoms with Crippen molar-refractivity contribution < 1.29 is 4.79 Å². The maximum Gasteiger partial charge on any atom is 0.261 e. The van der Waals surface area contributed by atoms with Gasteiger partial charge < -0.3 is 10.6 Å². The van der Waals surface area contributed by atoms with Gasteiger partial charge in [-0.25, -0.2) is 15.0 Å². The average molecular weight is 484 g/mol. The molecule has 0 radical (unpaired) electrons. The number of aromatic nitrogens is 4. The fraction of sp³-hybridized carbons (Fsp3) is 0.370. The highest BCUT2D eigenvalue weighted by atomic mass is 16.2. The minimum atomic E-state index is -0.0282. The summed E-state index contributed by atoms with van der Waals surface area (Å²) in [6.45, 7) is 3.98. The molecule has 2 aliphatic rings. The van der Waals surface area contributed by atoms with Gasteiger partial charge in [0.05, 0.1) is 23.0 Å². The molecule has 1 amide bonds. The van der Waals surface area contributed by atoms with Crippen molar-refractivity contribution in [3.8, 4) is 0 Å². The molecule has 184 valence electrons. The van der Waals surface area contributed by atoms with Crippen molar-refractivity contribution in [2.75, 3.05) is 31.9 Å². The Hall–Kier alpha value is -3.85. The van der Waals surface area contributed by atoms with Crippen molar-refractivity contribution in [3.05, 3.63) is 70.0 Å². The second-order valence-electron chi connectivity index (χ2n) is 9.64. The number of carbonyl (C=O) groups excluding carboxylic acids is 1. The molecule has 1 saturated heterocycles. The molecule has 0 unspecified atom stereocenters. The summed E-state index contributed by atoms with van der Waals surface area (Å²) < 4.78 is 1.81. The van der Waals surface area contributed by atoms with Crippen LogP contribution in [0.5, 0.6) is 0 Å². The highest BCUT2D eigenvalue weighted by Crippen LogP contribution is 2.20. The molecule has 6 rings (SSSR count). The smallest absolute Gasteiger partial charge is 0.261 e. The van der Waals surface area contributed by atoms with E-state index in [-0.39, 0.29) is 11.5 Å². The van der Waals surface area contributed by atoms with Gasteiger partial charge in [0.15, 0.2) is 0 Å². The molecule has 2 aliphatic heterocycles. The van der Waals surface area contributed by atoms with Gasteiger partial charge in [-0.15, -0.1) is 0 Å². The number of rotatable bonds is 3. The van der Waals surface area contributed by atoms with E-state index >= 15 is 0 Å². The number of hydrogen-bond acceptors (Lipinski definition) is 7. The lowest BCUT2D eigenvalue weighted by molar-refractivity contribution is 0.0626. The third-order valence-corrected chi connectivity index (χ3v) is 7.27. The molecule has 4 heterocycles. The Morgan fingerprint density at radius 2 is 1.69 bits per heavy atom. The van der Waals surface area contributed by atoms with Crippen LogP contribution in [0.4, 0.5) is 5.82 Å². The predicted molar refractivity (Wildman–Crippen MR) is 139 cm³/mol. The van der Waals surface area contributed by atoms with Crippen molar-refractivity contribution in [1.82, 2.24) is 29.3 Å². The van der Waals surface area contributed by atoms with Crippen LogP contribution in [0.2, 0.25) is 0 Å². The lowest BCUT2D eigenvalue weighted by atomic mass is 10.1. The number of anilines is 1. The van der Waals surface area contributed by atoms with E-state index in [0.717, 1.165) is 62.0 Å². The van der Waals surface area contributed by atoms with E-state index in [4.69, 9.17) is 10.7 Å². The molecule has 0 atom stereocenters. The van der Waals surface area contributed by atoms with Gasteiger partial charge in [-0.1, -0.05) is 18.6 Å². The number of nitrogens with two attached hydrogens (primary N) is 1. The van der Waals surface area contributed by atoms with E-state index in [0.29, 0.717) is 47.7 Å². The summed E-state index contributed by atoms with van der Waals surface area (Å²) in [6, 6.07) is 13.0. The molecular weight excluding hydrogens is 454 g/mol. The number of nitrogen functional groups attached to an aromatic ring is 1. The van der Waals surface area contributed by atoms with E-state index in [1.165, 1.54) is 0 Å². The molecular formula is C27H29N7O2. The quantitative estimate of drug-likeness (QED) is 0.477. The number of para-hydroxylation sites is 1. The van der Waals surface area contributed by atoms with Crippen molar-refractivity contribution >= 4 is 33.5 Å². The molecule has 9 heteroatoms. The van der Waals surface area contributed by atoms with Crippen LogP contribution >= 0.6 is 0 Å². The average Bonchev–Trinajstić information content (AvgIpc) is 3.14. The molecule has 2 aromatic carbocycles. The van der Waals surface area contributed by atoms with Gasteiger partial charge in [0.2, 0.25) is 0 Å². The molecule has 2 aromatic heterocycles. The highest BCUT2D eigenvalue weighted by Gasteiger charge is 2.24. The minimum absolute atomic E-state index is 0.000981. The molecule has 0 bridgehead atoms. The Kier molecular flexibility index (Phi) is 5.85. The Morgan fingerprint density at radius 3 is 2.56 bits per heavy atom. The van der Waals surface area contributed by atoms with E-state index < -0.39 is 0 Å². The van der Waals surface area contributed by atoms with Crippen LogP contribution in [0.25, 0.3) is 21.8 Å². The van der Waals surface area contributed by atoms with Crippen molar-refractivity contribution in [2.45, 2.75) is 38.8 Å². The SMILES string of the molecule is Nc1nc(CN2CCN(C(=O)c3ccc4c(=O)n5c(nc4c3)CCCCC5)CC2)nc2ccccc12. The fourth-order valence-corrected chi connectivity index (χ4v) is 5.26. The first kappa shape index (κ1) is 22.6. The summed E-state index contributed by atoms with van der Waals surface area (Å²) in [7, 11) is 0. The fourth-order valence-electron chi connectivity index (χ4n) is 5.26. The van der Waals surface area contributed by atoms with Crippen molar-refractivity contribution in [2.24, 2.45) is 0 Å². The summed E-state index contributed by atoms with van der Waals surface area (Å²) in [5.74, 6) is 1.99. The van der Waals surface area contributed by atoms with E-state index in [1.54, 1.807) is 18.2 Å². The second-order valence-corrected chi connectivity index (χ2v) is 9.64. The normalized spacial score (nSPS) is 16.7. The Balaban J connectivity index is 1.15. The Morgan fingerprint density at radius 1 is 0.861 bits per heavy atom. The summed E-state index contributed by atoms with van der Waals surface area (Å²) in [4.78, 5) is 44.3. The molecule has 1 fully saturated rings. The van der Waals surface area contributed by atoms with Gasteiger partial charge in [0, 0.05) is 50.1 Å². The molecule has 4 aromatic rings. The predicted octanol–water partition coefficient (Wildman–Crippen LogP) is 2.61. The lowest BCUT2D eigenvalue weighted by Crippen LogP contribution is -2.48. The van der Waals surface area contributed by atoms with Crippen molar-refractivity contribution in [3.63, 3.8) is 0 Å². The van der Waals surface area contributed by atoms with Crippen molar-refractivity contribution in [1.29, 1.82) is 0 Å². The number of aryl methyl sites for hydroxylation is 1. The second kappa shape index (κ2) is 9.31. The van der Waals surface area contributed by atoms with Crippen LogP contribution in [0.1, 0.15) is 41.3 Å². The molecule has 0 saturated carbocycles. The number of piperazine rings is 1. The number of amides is 1. The standard InChI is InChI=1S/C27H29N7O2/c28-25-19-6-3-4-7-21(19)29-23(31-25)17-32-12-14-33(15-13-32)26(35)18-9-10-20-22(16-18)30-24-8-2-1-5-11-34(24)27(20)36/h3-4,6-7,9-10,16H,1-2,5,8,11-15,17H2,(H2,28,29,31). The van der Waals surface area contributed by atoms with Gasteiger partial charge in [-0.2, -0.15) is 0 Å². The van der Waals surface area contributed by atoms with E-state index in [1.807, 2.05) is 33.7 Å². The summed E-state index contributed by atoms with van der Waals surface area (Å²) in [5.41, 5.74) is 8.17. The zero-order chi connectivity index (χ0) is 24.6. The lowest BCUT2D eigenvalue weighted by Gasteiger charge is -2.34. The largest absolute Gasteiger partial charge is 0.383 e. The summed E-state index contributed by atoms with van der Waals surface area (Å²) >= 11 is 0. The van der Waals surface area contributed by atoms with Gasteiger partial charge >= 0.3 is 0 Å². The number of carbonyl (C=O) groups is 1. The van der Waals surface area contributed by atoms with Gasteiger partial charge in [-0.3, -0.25) is 19.1 Å². The number of nitrogens with zero attached hydrogens (tertiary/aromatic N) is 6. The highest BCUT2D eigenvalue weighted by molar-refractivity contribution is 5.97. The van der Waals surface area contributed by atoms with Gasteiger partial charge in [0.25, 0.3) is 11.5 Å². The monoisotopic (exact) mass is 483 g/mol. The number of fused-ring (bicyclic) bond motifs is 3. The van der Waals surface area contributed by atoms with Crippen LogP contribution in [-0.2, 0) is 19.5 Å². The van der Waals surface area contributed by atoms with E-state index in [2.05, 4.69) is 14.9 Å².